The van der Waals surface area contributed by atoms with Crippen molar-refractivity contribution < 1.29 is 43.5 Å². The molecule has 1 aromatic rings. The molecule has 38 heavy (non-hydrogen) atoms. The maximum absolute atomic E-state index is 14.0. The van der Waals surface area contributed by atoms with Crippen molar-refractivity contribution >= 4 is 17.5 Å². The molecule has 204 valence electrons. The normalized spacial score (nSPS) is 36.5. The molecule has 2 aliphatic carbocycles. The number of phenolic OH excluding ortho intramolecular Hbond substituents is 1. The highest BCUT2D eigenvalue weighted by atomic mass is 16.6. The summed E-state index contributed by atoms with van der Waals surface area (Å²) in [4.78, 5) is 40.4. The van der Waals surface area contributed by atoms with Gasteiger partial charge in [0.15, 0.2) is 23.9 Å². The minimum atomic E-state index is -1.22. The van der Waals surface area contributed by atoms with E-state index in [9.17, 15) is 24.6 Å². The van der Waals surface area contributed by atoms with Gasteiger partial charge in [-0.05, 0) is 51.5 Å². The molecular weight excluding hydrogens is 492 g/mol. The number of fused-ring (bicyclic) bond motifs is 7. The van der Waals surface area contributed by atoms with Crippen molar-refractivity contribution in [2.24, 2.45) is 23.7 Å². The standard InChI is InChI=1S/C29H34O9/c1-11(2)26(33)36-17-9-15-13(7-12(17)3)18-21(31)14-8-16(30)20-23(37-25-27(34)35-10-29(20,25)6)19(14)22(32)24(18)38-28(15,4)5/h8,11-13,15,17,25,27,30,34H,7,9-10H2,1-6H3/t12-,13-,15+,17+,25-,27+,29-/m1/s1. The number of aliphatic hydroxyl groups is 1. The third kappa shape index (κ3) is 3.27. The Labute approximate surface area is 221 Å². The van der Waals surface area contributed by atoms with Gasteiger partial charge in [0.25, 0.3) is 0 Å². The molecule has 2 fully saturated rings. The number of ketones is 2. The summed E-state index contributed by atoms with van der Waals surface area (Å²) in [5.41, 5.74) is -0.854. The van der Waals surface area contributed by atoms with Crippen molar-refractivity contribution in [3.05, 3.63) is 34.1 Å². The van der Waals surface area contributed by atoms with E-state index in [1.54, 1.807) is 20.8 Å². The second-order valence-corrected chi connectivity index (χ2v) is 12.6. The molecule has 0 unspecified atom stereocenters. The number of ether oxygens (including phenoxy) is 4. The first-order chi connectivity index (χ1) is 17.8. The van der Waals surface area contributed by atoms with Crippen LogP contribution >= 0.6 is 0 Å². The van der Waals surface area contributed by atoms with Gasteiger partial charge in [-0.3, -0.25) is 14.4 Å². The zero-order valence-corrected chi connectivity index (χ0v) is 22.5. The van der Waals surface area contributed by atoms with Crippen molar-refractivity contribution in [3.63, 3.8) is 0 Å². The van der Waals surface area contributed by atoms with Gasteiger partial charge in [0.2, 0.25) is 5.78 Å². The number of hydrogen-bond acceptors (Lipinski definition) is 9. The van der Waals surface area contributed by atoms with Crippen molar-refractivity contribution in [2.45, 2.75) is 83.9 Å². The lowest BCUT2D eigenvalue weighted by Crippen LogP contribution is -2.53. The van der Waals surface area contributed by atoms with Gasteiger partial charge in [-0.15, -0.1) is 0 Å². The third-order valence-electron chi connectivity index (χ3n) is 9.28. The second-order valence-electron chi connectivity index (χ2n) is 12.6. The molecular formula is C29H34O9. The van der Waals surface area contributed by atoms with E-state index in [4.69, 9.17) is 18.9 Å². The van der Waals surface area contributed by atoms with E-state index >= 15 is 0 Å². The predicted molar refractivity (Wildman–Crippen MR) is 133 cm³/mol. The topological polar surface area (TPSA) is 129 Å². The molecule has 9 heteroatoms. The van der Waals surface area contributed by atoms with Crippen LogP contribution in [0.5, 0.6) is 11.5 Å². The second kappa shape index (κ2) is 8.05. The molecule has 0 radical (unpaired) electrons. The van der Waals surface area contributed by atoms with Crippen molar-refractivity contribution in [1.29, 1.82) is 0 Å². The highest BCUT2D eigenvalue weighted by molar-refractivity contribution is 6.28. The number of rotatable bonds is 2. The van der Waals surface area contributed by atoms with E-state index < -0.39 is 29.2 Å². The van der Waals surface area contributed by atoms with Crippen molar-refractivity contribution in [2.75, 3.05) is 6.61 Å². The minimum Gasteiger partial charge on any atom is -0.507 e. The number of benzene rings is 1. The first-order valence-corrected chi connectivity index (χ1v) is 13.4. The van der Waals surface area contributed by atoms with Gasteiger partial charge >= 0.3 is 5.97 Å². The van der Waals surface area contributed by atoms with E-state index in [0.29, 0.717) is 24.0 Å². The van der Waals surface area contributed by atoms with Crippen LogP contribution in [0.25, 0.3) is 0 Å². The van der Waals surface area contributed by atoms with Gasteiger partial charge in [-0.1, -0.05) is 20.8 Å². The van der Waals surface area contributed by atoms with Crippen LogP contribution in [-0.4, -0.2) is 58.5 Å². The number of Topliss-reactive ketones (excluding diaryl/α,β-unsaturated/α-hetero) is 2. The summed E-state index contributed by atoms with van der Waals surface area (Å²) >= 11 is 0. The molecule has 0 amide bonds. The average Bonchev–Trinajstić information content (AvgIpc) is 3.29. The average molecular weight is 527 g/mol. The SMILES string of the molecule is CC(C)C(=O)O[C@H]1C[C@H]2[C@@H](C[C@H]1C)C1=C(OC2(C)C)C(=O)c2c(cc(O)c3c2O[C@@H]2[C@@H](O)OC[C@]32C)C1=O. The fraction of sp³-hybridized carbons (Fsp3) is 0.621. The van der Waals surface area contributed by atoms with E-state index in [0.717, 1.165) is 0 Å². The Morgan fingerprint density at radius 3 is 2.55 bits per heavy atom. The van der Waals surface area contributed by atoms with E-state index in [-0.39, 0.29) is 76.5 Å². The Morgan fingerprint density at radius 1 is 1.16 bits per heavy atom. The number of phenols is 1. The van der Waals surface area contributed by atoms with Crippen LogP contribution in [0.4, 0.5) is 0 Å². The van der Waals surface area contributed by atoms with Crippen LogP contribution in [0.3, 0.4) is 0 Å². The van der Waals surface area contributed by atoms with Crippen LogP contribution in [0.15, 0.2) is 17.4 Å². The highest BCUT2D eigenvalue weighted by Crippen LogP contribution is 2.58. The molecule has 1 saturated carbocycles. The summed E-state index contributed by atoms with van der Waals surface area (Å²) in [6.07, 6.45) is -1.28. The van der Waals surface area contributed by atoms with Gasteiger partial charge in [0, 0.05) is 22.6 Å². The summed E-state index contributed by atoms with van der Waals surface area (Å²) in [6, 6.07) is 1.34. The Bertz CT molecular complexity index is 1310. The first kappa shape index (κ1) is 25.4. The monoisotopic (exact) mass is 526 g/mol. The quantitative estimate of drug-likeness (QED) is 0.557. The van der Waals surface area contributed by atoms with Crippen LogP contribution in [0, 0.1) is 23.7 Å². The fourth-order valence-corrected chi connectivity index (χ4v) is 7.15. The van der Waals surface area contributed by atoms with Gasteiger partial charge in [-0.25, -0.2) is 0 Å². The van der Waals surface area contributed by atoms with E-state index in [2.05, 4.69) is 0 Å². The number of aliphatic hydroxyl groups excluding tert-OH is 1. The number of aromatic hydroxyl groups is 1. The Kier molecular flexibility index (Phi) is 5.38. The Balaban J connectivity index is 1.42. The van der Waals surface area contributed by atoms with Crippen molar-refractivity contribution in [1.82, 2.24) is 0 Å². The summed E-state index contributed by atoms with van der Waals surface area (Å²) in [5, 5.41) is 21.4. The van der Waals surface area contributed by atoms with Crippen LogP contribution in [0.1, 0.15) is 80.7 Å². The molecule has 1 saturated heterocycles. The molecule has 1 aromatic carbocycles. The summed E-state index contributed by atoms with van der Waals surface area (Å²) in [6.45, 7) is 11.3. The molecule has 5 aliphatic rings. The smallest absolute Gasteiger partial charge is 0.308 e. The lowest BCUT2D eigenvalue weighted by atomic mass is 9.61. The van der Waals surface area contributed by atoms with Crippen LogP contribution < -0.4 is 4.74 Å². The molecule has 7 atom stereocenters. The minimum absolute atomic E-state index is 0.0223. The number of hydrogen-bond donors (Lipinski definition) is 2. The lowest BCUT2D eigenvalue weighted by Gasteiger charge is -2.51. The van der Waals surface area contributed by atoms with Gasteiger partial charge in [0.05, 0.1) is 23.5 Å². The first-order valence-electron chi connectivity index (χ1n) is 13.4. The van der Waals surface area contributed by atoms with Gasteiger partial charge < -0.3 is 29.2 Å². The van der Waals surface area contributed by atoms with Gasteiger partial charge in [0.1, 0.15) is 23.2 Å². The zero-order chi connectivity index (χ0) is 27.5. The molecule has 0 bridgehead atoms. The van der Waals surface area contributed by atoms with E-state index in [1.165, 1.54) is 6.07 Å². The van der Waals surface area contributed by atoms with Gasteiger partial charge in [-0.2, -0.15) is 0 Å². The maximum atomic E-state index is 14.0. The summed E-state index contributed by atoms with van der Waals surface area (Å²) in [7, 11) is 0. The Hall–Kier alpha value is -2.91. The number of esters is 1. The summed E-state index contributed by atoms with van der Waals surface area (Å²) < 4.78 is 23.5. The largest absolute Gasteiger partial charge is 0.507 e. The molecule has 6 rings (SSSR count). The van der Waals surface area contributed by atoms with E-state index in [1.807, 2.05) is 20.8 Å². The number of carbonyl (C=O) groups excluding carboxylic acids is 3. The molecule has 3 aliphatic heterocycles. The van der Waals surface area contributed by atoms with Crippen LogP contribution in [-0.2, 0) is 24.4 Å². The molecule has 9 nitrogen and oxygen atoms in total. The highest BCUT2D eigenvalue weighted by Gasteiger charge is 2.60. The van der Waals surface area contributed by atoms with Crippen LogP contribution in [0.2, 0.25) is 0 Å². The summed E-state index contributed by atoms with van der Waals surface area (Å²) in [5.74, 6) is -1.83. The number of carbonyl (C=O) groups is 3. The lowest BCUT2D eigenvalue weighted by molar-refractivity contribution is -0.164. The molecule has 3 heterocycles. The fourth-order valence-electron chi connectivity index (χ4n) is 7.15. The molecule has 2 N–H and O–H groups in total. The van der Waals surface area contributed by atoms with Crippen molar-refractivity contribution in [3.8, 4) is 11.5 Å². The molecule has 0 spiro atoms. The predicted octanol–water partition coefficient (Wildman–Crippen LogP) is 3.43. The maximum Gasteiger partial charge on any atom is 0.308 e. The molecule has 0 aromatic heterocycles. The number of allylic oxidation sites excluding steroid dienone is 2. The third-order valence-corrected chi connectivity index (χ3v) is 9.28. The zero-order valence-electron chi connectivity index (χ0n) is 22.5. The Morgan fingerprint density at radius 2 is 1.87 bits per heavy atom.